The number of unbranched alkanes of at least 4 members (excludes halogenated alkanes) is 1. The van der Waals surface area contributed by atoms with Crippen molar-refractivity contribution < 1.29 is 4.79 Å². The molecule has 0 aliphatic carbocycles. The van der Waals surface area contributed by atoms with Crippen molar-refractivity contribution >= 4 is 39.8 Å². The van der Waals surface area contributed by atoms with Gasteiger partial charge in [-0.05, 0) is 31.4 Å². The van der Waals surface area contributed by atoms with Gasteiger partial charge in [0.05, 0.1) is 5.02 Å². The van der Waals surface area contributed by atoms with Gasteiger partial charge in [0.1, 0.15) is 10.8 Å². The van der Waals surface area contributed by atoms with Gasteiger partial charge < -0.3 is 10.2 Å². The minimum absolute atomic E-state index is 0.00606. The van der Waals surface area contributed by atoms with Gasteiger partial charge in [-0.2, -0.15) is 0 Å². The number of amides is 1. The Morgan fingerprint density at radius 1 is 1.36 bits per heavy atom. The number of nitrogens with zero attached hydrogens (tertiary/aromatic N) is 4. The van der Waals surface area contributed by atoms with Gasteiger partial charge >= 0.3 is 0 Å². The molecule has 0 radical (unpaired) electrons. The highest BCUT2D eigenvalue weighted by atomic mass is 35.5. The van der Waals surface area contributed by atoms with Crippen LogP contribution < -0.4 is 10.2 Å². The molecular formula is C17H22ClN5OS. The minimum atomic E-state index is 0.00606. The molecule has 2 aromatic heterocycles. The monoisotopic (exact) mass is 379 g/mol. The molecule has 1 aliphatic heterocycles. The summed E-state index contributed by atoms with van der Waals surface area (Å²) in [6.45, 7) is 3.77. The van der Waals surface area contributed by atoms with Crippen LogP contribution in [0.5, 0.6) is 0 Å². The second-order valence-corrected chi connectivity index (χ2v) is 7.69. The van der Waals surface area contributed by atoms with Crippen LogP contribution in [0.4, 0.5) is 10.9 Å². The summed E-state index contributed by atoms with van der Waals surface area (Å²) in [5.41, 5.74) is 0. The van der Waals surface area contributed by atoms with Crippen molar-refractivity contribution in [2.24, 2.45) is 5.92 Å². The van der Waals surface area contributed by atoms with Crippen molar-refractivity contribution in [3.63, 3.8) is 0 Å². The largest absolute Gasteiger partial charge is 0.357 e. The van der Waals surface area contributed by atoms with E-state index in [4.69, 9.17) is 11.6 Å². The van der Waals surface area contributed by atoms with Crippen LogP contribution in [-0.2, 0) is 11.2 Å². The number of carbonyl (C=O) groups excluding carboxylic acids is 1. The Balaban J connectivity index is 1.49. The molecule has 0 unspecified atom stereocenters. The van der Waals surface area contributed by atoms with Crippen LogP contribution in [0, 0.1) is 5.92 Å². The van der Waals surface area contributed by atoms with Gasteiger partial charge in [0.25, 0.3) is 0 Å². The predicted octanol–water partition coefficient (Wildman–Crippen LogP) is 3.78. The van der Waals surface area contributed by atoms with E-state index in [9.17, 15) is 4.79 Å². The number of pyridine rings is 1. The molecule has 0 atom stereocenters. The molecule has 1 aliphatic rings. The fourth-order valence-corrected chi connectivity index (χ4v) is 3.76. The lowest BCUT2D eigenvalue weighted by atomic mass is 9.96. The molecule has 0 spiro atoms. The van der Waals surface area contributed by atoms with Crippen LogP contribution >= 0.6 is 22.9 Å². The van der Waals surface area contributed by atoms with Gasteiger partial charge in [-0.1, -0.05) is 36.3 Å². The number of nitrogens with one attached hydrogen (secondary N) is 1. The third-order valence-corrected chi connectivity index (χ3v) is 5.46. The SMILES string of the molecule is CCCCc1nnc(NC(=O)C2CCN(c3ccc(Cl)cn3)CC2)s1. The molecule has 25 heavy (non-hydrogen) atoms. The van der Waals surface area contributed by atoms with Gasteiger partial charge in [-0.3, -0.25) is 4.79 Å². The Hall–Kier alpha value is -1.73. The summed E-state index contributed by atoms with van der Waals surface area (Å²) in [7, 11) is 0. The standard InChI is InChI=1S/C17H22ClN5OS/c1-2-3-4-15-21-22-17(25-15)20-16(24)12-7-9-23(10-8-12)14-6-5-13(18)11-19-14/h5-6,11-12H,2-4,7-10H2,1H3,(H,20,22,24). The summed E-state index contributed by atoms with van der Waals surface area (Å²) in [5.74, 6) is 0.960. The highest BCUT2D eigenvalue weighted by Crippen LogP contribution is 2.25. The van der Waals surface area contributed by atoms with Crippen molar-refractivity contribution in [2.75, 3.05) is 23.3 Å². The van der Waals surface area contributed by atoms with Crippen molar-refractivity contribution in [1.82, 2.24) is 15.2 Å². The van der Waals surface area contributed by atoms with E-state index in [-0.39, 0.29) is 11.8 Å². The van der Waals surface area contributed by atoms with Crippen LogP contribution in [0.25, 0.3) is 0 Å². The van der Waals surface area contributed by atoms with Crippen LogP contribution in [0.1, 0.15) is 37.6 Å². The third-order valence-electron chi connectivity index (χ3n) is 4.34. The fourth-order valence-electron chi connectivity index (χ4n) is 2.87. The van der Waals surface area contributed by atoms with E-state index in [0.29, 0.717) is 10.2 Å². The minimum Gasteiger partial charge on any atom is -0.357 e. The van der Waals surface area contributed by atoms with E-state index in [1.807, 2.05) is 12.1 Å². The second kappa shape index (κ2) is 8.58. The number of carbonyl (C=O) groups is 1. The number of hydrogen-bond donors (Lipinski definition) is 1. The summed E-state index contributed by atoms with van der Waals surface area (Å²) in [4.78, 5) is 19.0. The Kier molecular flexibility index (Phi) is 6.20. The highest BCUT2D eigenvalue weighted by molar-refractivity contribution is 7.15. The molecule has 1 saturated heterocycles. The normalized spacial score (nSPS) is 15.4. The number of hydrogen-bond acceptors (Lipinski definition) is 6. The lowest BCUT2D eigenvalue weighted by molar-refractivity contribution is -0.120. The zero-order valence-electron chi connectivity index (χ0n) is 14.2. The number of aryl methyl sites for hydroxylation is 1. The summed E-state index contributed by atoms with van der Waals surface area (Å²) in [6, 6.07) is 3.76. The number of halogens is 1. The third kappa shape index (κ3) is 4.89. The second-order valence-electron chi connectivity index (χ2n) is 6.19. The van der Waals surface area contributed by atoms with Crippen LogP contribution in [0.3, 0.4) is 0 Å². The quantitative estimate of drug-likeness (QED) is 0.826. The summed E-state index contributed by atoms with van der Waals surface area (Å²) in [5, 5.41) is 13.4. The molecule has 134 valence electrons. The maximum Gasteiger partial charge on any atom is 0.229 e. The van der Waals surface area contributed by atoms with Crippen molar-refractivity contribution in [3.8, 4) is 0 Å². The zero-order valence-corrected chi connectivity index (χ0v) is 15.8. The Labute approximate surface area is 156 Å². The van der Waals surface area contributed by atoms with Crippen LogP contribution in [0.2, 0.25) is 5.02 Å². The molecule has 3 rings (SSSR count). The summed E-state index contributed by atoms with van der Waals surface area (Å²) < 4.78 is 0. The van der Waals surface area contributed by atoms with E-state index >= 15 is 0 Å². The van der Waals surface area contributed by atoms with Crippen molar-refractivity contribution in [2.45, 2.75) is 39.0 Å². The van der Waals surface area contributed by atoms with Gasteiger partial charge in [-0.25, -0.2) is 4.98 Å². The molecule has 1 N–H and O–H groups in total. The van der Waals surface area contributed by atoms with Gasteiger partial charge in [0.15, 0.2) is 0 Å². The van der Waals surface area contributed by atoms with Gasteiger partial charge in [-0.15, -0.1) is 10.2 Å². The smallest absolute Gasteiger partial charge is 0.229 e. The Bertz CT molecular complexity index is 697. The van der Waals surface area contributed by atoms with Crippen LogP contribution in [-0.4, -0.2) is 34.2 Å². The topological polar surface area (TPSA) is 71.0 Å². The molecule has 1 amide bonds. The lowest BCUT2D eigenvalue weighted by Crippen LogP contribution is -2.38. The average molecular weight is 380 g/mol. The molecular weight excluding hydrogens is 358 g/mol. The lowest BCUT2D eigenvalue weighted by Gasteiger charge is -2.31. The fraction of sp³-hybridized carbons (Fsp3) is 0.529. The first-order valence-electron chi connectivity index (χ1n) is 8.65. The van der Waals surface area contributed by atoms with E-state index < -0.39 is 0 Å². The molecule has 0 saturated carbocycles. The molecule has 2 aromatic rings. The van der Waals surface area contributed by atoms with Crippen molar-refractivity contribution in [3.05, 3.63) is 28.4 Å². The molecule has 1 fully saturated rings. The maximum absolute atomic E-state index is 12.5. The average Bonchev–Trinajstić information content (AvgIpc) is 3.08. The number of rotatable bonds is 6. The Morgan fingerprint density at radius 3 is 2.84 bits per heavy atom. The van der Waals surface area contributed by atoms with Gasteiger partial charge in [0.2, 0.25) is 11.0 Å². The number of piperidine rings is 1. The highest BCUT2D eigenvalue weighted by Gasteiger charge is 2.26. The molecule has 0 aromatic carbocycles. The first-order chi connectivity index (χ1) is 12.2. The first-order valence-corrected chi connectivity index (χ1v) is 9.85. The predicted molar refractivity (Wildman–Crippen MR) is 101 cm³/mol. The van der Waals surface area contributed by atoms with E-state index in [2.05, 4.69) is 32.3 Å². The van der Waals surface area contributed by atoms with E-state index in [1.165, 1.54) is 11.3 Å². The maximum atomic E-state index is 12.5. The van der Waals surface area contributed by atoms with Gasteiger partial charge in [0, 0.05) is 31.6 Å². The molecule has 3 heterocycles. The number of aromatic nitrogens is 3. The summed E-state index contributed by atoms with van der Waals surface area (Å²) in [6.07, 6.45) is 6.41. The van der Waals surface area contributed by atoms with Crippen LogP contribution in [0.15, 0.2) is 18.3 Å². The number of anilines is 2. The first kappa shape index (κ1) is 18.1. The molecule has 8 heteroatoms. The zero-order chi connectivity index (χ0) is 17.6. The van der Waals surface area contributed by atoms with E-state index in [0.717, 1.165) is 56.0 Å². The van der Waals surface area contributed by atoms with Crippen molar-refractivity contribution in [1.29, 1.82) is 0 Å². The summed E-state index contributed by atoms with van der Waals surface area (Å²) >= 11 is 7.35. The Morgan fingerprint density at radius 2 is 2.16 bits per heavy atom. The van der Waals surface area contributed by atoms with E-state index in [1.54, 1.807) is 6.20 Å². The molecule has 0 bridgehead atoms. The molecule has 6 nitrogen and oxygen atoms in total.